The van der Waals surface area contributed by atoms with Crippen LogP contribution in [0, 0.1) is 0 Å². The summed E-state index contributed by atoms with van der Waals surface area (Å²) < 4.78 is 6.32. The summed E-state index contributed by atoms with van der Waals surface area (Å²) in [5.74, 6) is 1.99. The maximum absolute atomic E-state index is 6.32. The summed E-state index contributed by atoms with van der Waals surface area (Å²) >= 11 is 0. The average Bonchev–Trinajstić information content (AvgIpc) is 3.35. The highest BCUT2D eigenvalue weighted by Gasteiger charge is 2.29. The Kier molecular flexibility index (Phi) is 3.96. The van der Waals surface area contributed by atoms with Crippen LogP contribution in [-0.2, 0) is 12.8 Å². The van der Waals surface area contributed by atoms with E-state index in [9.17, 15) is 0 Å². The van der Waals surface area contributed by atoms with Gasteiger partial charge in [0.05, 0.1) is 12.4 Å². The van der Waals surface area contributed by atoms with Crippen molar-refractivity contribution in [1.29, 1.82) is 0 Å². The van der Waals surface area contributed by atoms with Gasteiger partial charge in [0.15, 0.2) is 11.5 Å². The smallest absolute Gasteiger partial charge is 0.162 e. The Labute approximate surface area is 152 Å². The maximum Gasteiger partial charge on any atom is 0.162 e. The lowest BCUT2D eigenvalue weighted by atomic mass is 9.91. The van der Waals surface area contributed by atoms with Crippen LogP contribution in [0.2, 0.25) is 0 Å². The predicted molar refractivity (Wildman–Crippen MR) is 101 cm³/mol. The number of rotatable bonds is 4. The minimum atomic E-state index is 0.323. The van der Waals surface area contributed by atoms with Crippen molar-refractivity contribution in [2.75, 3.05) is 18.1 Å². The van der Waals surface area contributed by atoms with Gasteiger partial charge in [0.2, 0.25) is 0 Å². The Bertz CT molecular complexity index is 921. The Balaban J connectivity index is 1.37. The highest BCUT2D eigenvalue weighted by molar-refractivity contribution is 5.83. The van der Waals surface area contributed by atoms with E-state index >= 15 is 0 Å². The second kappa shape index (κ2) is 6.59. The van der Waals surface area contributed by atoms with E-state index < -0.39 is 0 Å². The first-order chi connectivity index (χ1) is 12.9. The quantitative estimate of drug-likeness (QED) is 0.783. The number of imidazole rings is 1. The number of benzene rings is 1. The largest absolute Gasteiger partial charge is 0.491 e. The number of H-pyrrole nitrogens is 1. The first-order valence-corrected chi connectivity index (χ1v) is 9.54. The lowest BCUT2D eigenvalue weighted by Crippen LogP contribution is -2.35. The van der Waals surface area contributed by atoms with Crippen molar-refractivity contribution >= 4 is 17.0 Å². The normalized spacial score (nSPS) is 19.7. The van der Waals surface area contributed by atoms with Gasteiger partial charge in [-0.2, -0.15) is 0 Å². The molecule has 0 amide bonds. The summed E-state index contributed by atoms with van der Waals surface area (Å²) in [4.78, 5) is 18.6. The number of fused-ring (bicyclic) bond motifs is 2. The molecule has 1 aliphatic heterocycles. The van der Waals surface area contributed by atoms with Crippen LogP contribution in [-0.4, -0.2) is 39.1 Å². The molecule has 1 aromatic carbocycles. The molecule has 5 rings (SSSR count). The summed E-state index contributed by atoms with van der Waals surface area (Å²) in [6.45, 7) is 1.67. The molecule has 0 bridgehead atoms. The molecule has 1 fully saturated rings. The molecule has 3 aromatic rings. The van der Waals surface area contributed by atoms with E-state index in [0.717, 1.165) is 48.5 Å². The number of aryl methyl sites for hydroxylation is 1. The monoisotopic (exact) mass is 349 g/mol. The zero-order valence-corrected chi connectivity index (χ0v) is 14.8. The first kappa shape index (κ1) is 15.6. The summed E-state index contributed by atoms with van der Waals surface area (Å²) in [5, 5.41) is 0. The molecule has 1 aliphatic carbocycles. The molecule has 1 saturated heterocycles. The topological polar surface area (TPSA) is 66.9 Å². The third-order valence-corrected chi connectivity index (χ3v) is 5.63. The van der Waals surface area contributed by atoms with Crippen LogP contribution in [0.25, 0.3) is 11.2 Å². The molecule has 2 aromatic heterocycles. The second-order valence-corrected chi connectivity index (χ2v) is 7.20. The molecular formula is C20H23N5O. The minimum Gasteiger partial charge on any atom is -0.491 e. The zero-order chi connectivity index (χ0) is 17.3. The van der Waals surface area contributed by atoms with Crippen LogP contribution in [0.5, 0.6) is 5.75 Å². The molecule has 1 unspecified atom stereocenters. The van der Waals surface area contributed by atoms with E-state index in [1.807, 2.05) is 0 Å². The van der Waals surface area contributed by atoms with Gasteiger partial charge in [-0.15, -0.1) is 0 Å². The predicted octanol–water partition coefficient (Wildman–Crippen LogP) is 3.28. The van der Waals surface area contributed by atoms with Crippen LogP contribution in [0.1, 0.15) is 36.8 Å². The van der Waals surface area contributed by atoms with Gasteiger partial charge in [0, 0.05) is 6.54 Å². The fraction of sp³-hybridized carbons (Fsp3) is 0.450. The van der Waals surface area contributed by atoms with Crippen LogP contribution in [0.4, 0.5) is 5.82 Å². The second-order valence-electron chi connectivity index (χ2n) is 7.20. The number of aromatic nitrogens is 4. The maximum atomic E-state index is 6.32. The van der Waals surface area contributed by atoms with Crippen molar-refractivity contribution in [3.63, 3.8) is 0 Å². The van der Waals surface area contributed by atoms with Gasteiger partial charge in [-0.25, -0.2) is 15.0 Å². The molecular weight excluding hydrogens is 326 g/mol. The van der Waals surface area contributed by atoms with E-state index in [4.69, 9.17) is 4.74 Å². The number of hydrogen-bond donors (Lipinski definition) is 1. The van der Waals surface area contributed by atoms with E-state index in [1.165, 1.54) is 30.4 Å². The van der Waals surface area contributed by atoms with Gasteiger partial charge >= 0.3 is 0 Å². The number of ether oxygens (including phenoxy) is 1. The standard InChI is InChI=1S/C20H23N5O/c1-2-8-16-14(5-1)6-3-9-17(16)26-11-15-7-4-10-25(15)20-18-19(22-12-21-18)23-13-24-20/h3,6,9,12-13,15H,1-2,4-5,7-8,10-11H2,(H,21,22,23,24). The molecule has 3 heterocycles. The molecule has 6 nitrogen and oxygen atoms in total. The van der Waals surface area contributed by atoms with Gasteiger partial charge in [0.25, 0.3) is 0 Å². The van der Waals surface area contributed by atoms with Crippen LogP contribution < -0.4 is 9.64 Å². The van der Waals surface area contributed by atoms with Gasteiger partial charge in [-0.3, -0.25) is 0 Å². The van der Waals surface area contributed by atoms with Crippen LogP contribution >= 0.6 is 0 Å². The number of nitrogens with one attached hydrogen (secondary N) is 1. The molecule has 0 saturated carbocycles. The fourth-order valence-corrected chi connectivity index (χ4v) is 4.32. The van der Waals surface area contributed by atoms with Crippen molar-refractivity contribution in [3.8, 4) is 5.75 Å². The molecule has 2 aliphatic rings. The Morgan fingerprint density at radius 2 is 2.08 bits per heavy atom. The Morgan fingerprint density at radius 1 is 1.12 bits per heavy atom. The lowest BCUT2D eigenvalue weighted by Gasteiger charge is -2.27. The summed E-state index contributed by atoms with van der Waals surface area (Å²) in [6.07, 6.45) is 10.4. The lowest BCUT2D eigenvalue weighted by molar-refractivity contribution is 0.284. The van der Waals surface area contributed by atoms with Crippen molar-refractivity contribution in [2.45, 2.75) is 44.6 Å². The number of anilines is 1. The van der Waals surface area contributed by atoms with Crippen molar-refractivity contribution in [3.05, 3.63) is 42.0 Å². The zero-order valence-electron chi connectivity index (χ0n) is 14.8. The van der Waals surface area contributed by atoms with E-state index in [0.29, 0.717) is 12.6 Å². The van der Waals surface area contributed by atoms with E-state index in [1.54, 1.807) is 12.7 Å². The molecule has 0 radical (unpaired) electrons. The van der Waals surface area contributed by atoms with Crippen molar-refractivity contribution < 1.29 is 4.74 Å². The fourth-order valence-electron chi connectivity index (χ4n) is 4.32. The first-order valence-electron chi connectivity index (χ1n) is 9.54. The molecule has 1 atom stereocenters. The summed E-state index contributed by atoms with van der Waals surface area (Å²) in [5.41, 5.74) is 4.52. The highest BCUT2D eigenvalue weighted by Crippen LogP contribution is 2.32. The molecule has 0 spiro atoms. The van der Waals surface area contributed by atoms with Gasteiger partial charge in [-0.05, 0) is 55.7 Å². The van der Waals surface area contributed by atoms with Crippen LogP contribution in [0.3, 0.4) is 0 Å². The van der Waals surface area contributed by atoms with Crippen molar-refractivity contribution in [2.24, 2.45) is 0 Å². The third-order valence-electron chi connectivity index (χ3n) is 5.63. The SMILES string of the molecule is c1cc2c(c(OCC3CCCN3c3ncnc4[nH]cnc34)c1)CCCC2. The van der Waals surface area contributed by atoms with Gasteiger partial charge < -0.3 is 14.6 Å². The summed E-state index contributed by atoms with van der Waals surface area (Å²) in [7, 11) is 0. The highest BCUT2D eigenvalue weighted by atomic mass is 16.5. The number of hydrogen-bond acceptors (Lipinski definition) is 5. The van der Waals surface area contributed by atoms with Gasteiger partial charge in [0.1, 0.15) is 24.2 Å². The van der Waals surface area contributed by atoms with E-state index in [2.05, 4.69) is 43.0 Å². The molecule has 134 valence electrons. The third kappa shape index (κ3) is 2.69. The molecule has 26 heavy (non-hydrogen) atoms. The molecule has 6 heteroatoms. The van der Waals surface area contributed by atoms with E-state index in [-0.39, 0.29) is 0 Å². The minimum absolute atomic E-state index is 0.323. The Morgan fingerprint density at radius 3 is 3.08 bits per heavy atom. The summed E-state index contributed by atoms with van der Waals surface area (Å²) in [6, 6.07) is 6.83. The average molecular weight is 349 g/mol. The number of aromatic amines is 1. The molecule has 1 N–H and O–H groups in total. The van der Waals surface area contributed by atoms with Crippen molar-refractivity contribution in [1.82, 2.24) is 19.9 Å². The Hall–Kier alpha value is -2.63. The number of nitrogens with zero attached hydrogens (tertiary/aromatic N) is 4. The van der Waals surface area contributed by atoms with Gasteiger partial charge in [-0.1, -0.05) is 12.1 Å². The van der Waals surface area contributed by atoms with Crippen LogP contribution in [0.15, 0.2) is 30.9 Å².